The normalized spacial score (nSPS) is 17.5. The molecular weight excluding hydrogens is 144 g/mol. The summed E-state index contributed by atoms with van der Waals surface area (Å²) in [5.74, 6) is -0.139. The lowest BCUT2D eigenvalue weighted by atomic mass is 10.1. The van der Waals surface area contributed by atoms with Gasteiger partial charge in [0.2, 0.25) is 5.24 Å². The van der Waals surface area contributed by atoms with Crippen molar-refractivity contribution in [2.24, 2.45) is 5.92 Å². The van der Waals surface area contributed by atoms with Crippen LogP contribution in [0, 0.1) is 5.92 Å². The molecule has 0 heterocycles. The Labute approximate surface area is 59.8 Å². The molecule has 0 aliphatic heterocycles. The number of hydrogen-bond donors (Lipinski definition) is 1. The zero-order valence-corrected chi connectivity index (χ0v) is 6.54. The summed E-state index contributed by atoms with van der Waals surface area (Å²) >= 11 is 9.16. The third kappa shape index (κ3) is 2.58. The van der Waals surface area contributed by atoms with Gasteiger partial charge in [-0.15, -0.1) is 0 Å². The Morgan fingerprint density at radius 3 is 2.00 bits per heavy atom. The van der Waals surface area contributed by atoms with Gasteiger partial charge in [-0.05, 0) is 11.6 Å². The van der Waals surface area contributed by atoms with Crippen molar-refractivity contribution < 1.29 is 4.79 Å². The third-order valence-corrected chi connectivity index (χ3v) is 1.87. The summed E-state index contributed by atoms with van der Waals surface area (Å²) < 4.78 is 0. The first kappa shape index (κ1) is 8.31. The van der Waals surface area contributed by atoms with Crippen LogP contribution >= 0.6 is 24.2 Å². The molecule has 0 aliphatic carbocycles. The number of hydrogen-bond acceptors (Lipinski definition) is 2. The van der Waals surface area contributed by atoms with Gasteiger partial charge in [0, 0.05) is 11.2 Å². The Morgan fingerprint density at radius 1 is 1.62 bits per heavy atom. The van der Waals surface area contributed by atoms with E-state index in [1.165, 1.54) is 0 Å². The van der Waals surface area contributed by atoms with Crippen LogP contribution in [0.1, 0.15) is 13.8 Å². The van der Waals surface area contributed by atoms with Crippen LogP contribution in [-0.4, -0.2) is 10.5 Å². The second kappa shape index (κ2) is 3.36. The van der Waals surface area contributed by atoms with E-state index in [1.807, 2.05) is 6.92 Å². The zero-order valence-electron chi connectivity index (χ0n) is 4.89. The fourth-order valence-corrected chi connectivity index (χ4v) is 0.602. The summed E-state index contributed by atoms with van der Waals surface area (Å²) in [7, 11) is 0. The molecule has 1 nitrogen and oxygen atoms in total. The molecular formula is C5H9ClOS. The lowest BCUT2D eigenvalue weighted by molar-refractivity contribution is -0.114. The minimum absolute atomic E-state index is 0.0556. The van der Waals surface area contributed by atoms with Gasteiger partial charge in [-0.2, -0.15) is 12.6 Å². The maximum atomic E-state index is 10.3. The lowest BCUT2D eigenvalue weighted by Crippen LogP contribution is -2.13. The van der Waals surface area contributed by atoms with Gasteiger partial charge in [-0.25, -0.2) is 0 Å². The van der Waals surface area contributed by atoms with E-state index < -0.39 is 0 Å². The van der Waals surface area contributed by atoms with Crippen molar-refractivity contribution in [3.8, 4) is 0 Å². The highest BCUT2D eigenvalue weighted by Crippen LogP contribution is 2.11. The lowest BCUT2D eigenvalue weighted by Gasteiger charge is -2.07. The summed E-state index contributed by atoms with van der Waals surface area (Å²) in [6.45, 7) is 3.60. The Bertz CT molecular complexity index is 92.4. The number of rotatable bonds is 2. The van der Waals surface area contributed by atoms with E-state index in [0.29, 0.717) is 0 Å². The molecule has 0 saturated carbocycles. The second-order valence-corrected chi connectivity index (χ2v) is 3.02. The molecule has 0 N–H and O–H groups in total. The molecule has 0 aromatic heterocycles. The quantitative estimate of drug-likeness (QED) is 0.471. The summed E-state index contributed by atoms with van der Waals surface area (Å²) in [5, 5.41) is -0.257. The molecule has 0 saturated heterocycles. The number of thiol groups is 1. The van der Waals surface area contributed by atoms with Gasteiger partial charge < -0.3 is 0 Å². The van der Waals surface area contributed by atoms with Crippen LogP contribution in [-0.2, 0) is 4.79 Å². The highest BCUT2D eigenvalue weighted by molar-refractivity contribution is 7.81. The molecule has 0 aliphatic rings. The minimum Gasteiger partial charge on any atom is -0.281 e. The van der Waals surface area contributed by atoms with Crippen molar-refractivity contribution in [2.45, 2.75) is 19.1 Å². The number of carbonyl (C=O) groups excluding carboxylic acids is 1. The molecule has 0 rings (SSSR count). The first-order valence-corrected chi connectivity index (χ1v) is 3.32. The molecule has 0 aromatic carbocycles. The van der Waals surface area contributed by atoms with Gasteiger partial charge in [-0.3, -0.25) is 4.79 Å². The molecule has 0 fully saturated rings. The monoisotopic (exact) mass is 152 g/mol. The van der Waals surface area contributed by atoms with Gasteiger partial charge in [0.25, 0.3) is 0 Å². The predicted octanol–water partition coefficient (Wildman–Crippen LogP) is 1.71. The van der Waals surface area contributed by atoms with E-state index >= 15 is 0 Å². The topological polar surface area (TPSA) is 17.1 Å². The van der Waals surface area contributed by atoms with Crippen molar-refractivity contribution in [2.75, 3.05) is 0 Å². The number of halogens is 1. The third-order valence-electron chi connectivity index (χ3n) is 1.08. The van der Waals surface area contributed by atoms with E-state index in [9.17, 15) is 4.79 Å². The largest absolute Gasteiger partial charge is 0.281 e. The molecule has 2 atom stereocenters. The molecule has 0 bridgehead atoms. The smallest absolute Gasteiger partial charge is 0.225 e. The summed E-state index contributed by atoms with van der Waals surface area (Å²) in [6, 6.07) is 0. The Balaban J connectivity index is 3.64. The van der Waals surface area contributed by atoms with Gasteiger partial charge in [0.1, 0.15) is 0 Å². The highest BCUT2D eigenvalue weighted by Gasteiger charge is 2.13. The molecule has 2 unspecified atom stereocenters. The van der Waals surface area contributed by atoms with E-state index in [-0.39, 0.29) is 16.4 Å². The van der Waals surface area contributed by atoms with Crippen molar-refractivity contribution in [1.29, 1.82) is 0 Å². The van der Waals surface area contributed by atoms with Crippen LogP contribution in [0.5, 0.6) is 0 Å². The van der Waals surface area contributed by atoms with Gasteiger partial charge in [0.05, 0.1) is 0 Å². The maximum absolute atomic E-state index is 10.3. The van der Waals surface area contributed by atoms with Crippen LogP contribution in [0.2, 0.25) is 0 Å². The van der Waals surface area contributed by atoms with Gasteiger partial charge in [0.15, 0.2) is 0 Å². The van der Waals surface area contributed by atoms with E-state index in [4.69, 9.17) is 11.6 Å². The van der Waals surface area contributed by atoms with Crippen LogP contribution in [0.25, 0.3) is 0 Å². The molecule has 48 valence electrons. The Kier molecular flexibility index (Phi) is 3.49. The molecule has 0 radical (unpaired) electrons. The molecule has 3 heteroatoms. The van der Waals surface area contributed by atoms with E-state index in [1.54, 1.807) is 6.92 Å². The first-order chi connectivity index (χ1) is 3.55. The fourth-order valence-electron chi connectivity index (χ4n) is 0.190. The van der Waals surface area contributed by atoms with Crippen LogP contribution in [0.15, 0.2) is 0 Å². The van der Waals surface area contributed by atoms with Gasteiger partial charge in [-0.1, -0.05) is 13.8 Å². The summed E-state index contributed by atoms with van der Waals surface area (Å²) in [5.41, 5.74) is 0. The predicted molar refractivity (Wildman–Crippen MR) is 38.5 cm³/mol. The highest BCUT2D eigenvalue weighted by atomic mass is 35.5. The molecule has 8 heavy (non-hydrogen) atoms. The maximum Gasteiger partial charge on any atom is 0.225 e. The fraction of sp³-hybridized carbons (Fsp3) is 0.800. The zero-order chi connectivity index (χ0) is 6.73. The van der Waals surface area contributed by atoms with Crippen molar-refractivity contribution in [3.63, 3.8) is 0 Å². The van der Waals surface area contributed by atoms with Crippen LogP contribution in [0.3, 0.4) is 0 Å². The summed E-state index contributed by atoms with van der Waals surface area (Å²) in [6.07, 6.45) is 0. The molecule has 0 amide bonds. The molecule has 0 aromatic rings. The Hall–Kier alpha value is 0.310. The minimum atomic E-state index is -0.312. The average molecular weight is 153 g/mol. The standard InChI is InChI=1S/C5H9ClOS/c1-3(4(2)8)5(6)7/h3-4,8H,1-2H3. The summed E-state index contributed by atoms with van der Waals surface area (Å²) in [4.78, 5) is 10.3. The van der Waals surface area contributed by atoms with Crippen molar-refractivity contribution in [1.82, 2.24) is 0 Å². The van der Waals surface area contributed by atoms with E-state index in [0.717, 1.165) is 0 Å². The Morgan fingerprint density at radius 2 is 2.00 bits per heavy atom. The van der Waals surface area contributed by atoms with E-state index in [2.05, 4.69) is 12.6 Å². The van der Waals surface area contributed by atoms with Gasteiger partial charge >= 0.3 is 0 Å². The van der Waals surface area contributed by atoms with Crippen LogP contribution in [0.4, 0.5) is 0 Å². The number of carbonyl (C=O) groups is 1. The SMILES string of the molecule is CC(S)C(C)C(=O)Cl. The van der Waals surface area contributed by atoms with Crippen molar-refractivity contribution >= 4 is 29.5 Å². The second-order valence-electron chi connectivity index (χ2n) is 1.83. The average Bonchev–Trinajstić information content (AvgIpc) is 1.64. The first-order valence-electron chi connectivity index (χ1n) is 2.43. The molecule has 0 spiro atoms. The van der Waals surface area contributed by atoms with Crippen molar-refractivity contribution in [3.05, 3.63) is 0 Å². The van der Waals surface area contributed by atoms with Crippen LogP contribution < -0.4 is 0 Å².